The summed E-state index contributed by atoms with van der Waals surface area (Å²) < 4.78 is 7.26. The second-order valence-electron chi connectivity index (χ2n) is 7.01. The molecule has 1 aliphatic carbocycles. The fraction of sp³-hybridized carbons (Fsp3) is 0.368. The fourth-order valence-corrected chi connectivity index (χ4v) is 3.23. The van der Waals surface area contributed by atoms with Crippen molar-refractivity contribution in [2.24, 2.45) is 0 Å². The van der Waals surface area contributed by atoms with Gasteiger partial charge in [0.1, 0.15) is 23.2 Å². The number of aliphatic carboxylic acids is 1. The smallest absolute Gasteiger partial charge is 0.312 e. The number of carboxylic acids is 1. The van der Waals surface area contributed by atoms with Crippen LogP contribution in [0.5, 0.6) is 0 Å². The van der Waals surface area contributed by atoms with Gasteiger partial charge in [0, 0.05) is 24.4 Å². The molecule has 1 fully saturated rings. The molecule has 1 saturated carbocycles. The normalized spacial score (nSPS) is 15.4. The summed E-state index contributed by atoms with van der Waals surface area (Å²) in [7, 11) is 0. The first-order chi connectivity index (χ1) is 13.1. The third-order valence-electron chi connectivity index (χ3n) is 5.03. The molecule has 1 aliphatic rings. The van der Waals surface area contributed by atoms with Crippen molar-refractivity contribution in [3.05, 3.63) is 59.6 Å². The number of nitrogens with zero attached hydrogens (tertiary/aromatic N) is 4. The molecule has 140 valence electrons. The van der Waals surface area contributed by atoms with Crippen LogP contribution in [0.2, 0.25) is 0 Å². The number of aromatic nitrogens is 4. The first kappa shape index (κ1) is 17.3. The van der Waals surface area contributed by atoms with E-state index in [9.17, 15) is 9.90 Å². The third-order valence-corrected chi connectivity index (χ3v) is 5.03. The summed E-state index contributed by atoms with van der Waals surface area (Å²) in [6.07, 6.45) is 8.83. The summed E-state index contributed by atoms with van der Waals surface area (Å²) in [5.74, 6) is 0.166. The lowest BCUT2D eigenvalue weighted by molar-refractivity contribution is -0.138. The highest BCUT2D eigenvalue weighted by Crippen LogP contribution is 2.36. The van der Waals surface area contributed by atoms with Crippen LogP contribution in [0.15, 0.2) is 41.4 Å². The van der Waals surface area contributed by atoms with Crippen molar-refractivity contribution in [1.82, 2.24) is 19.7 Å². The van der Waals surface area contributed by atoms with Crippen LogP contribution >= 0.6 is 0 Å². The minimum Gasteiger partial charge on any atom is -0.481 e. The number of nitrogen functional groups attached to an aromatic ring is 1. The Labute approximate surface area is 156 Å². The van der Waals surface area contributed by atoms with Gasteiger partial charge in [0.2, 0.25) is 0 Å². The molecule has 3 aromatic rings. The van der Waals surface area contributed by atoms with Gasteiger partial charge in [0.15, 0.2) is 0 Å². The van der Waals surface area contributed by atoms with E-state index < -0.39 is 11.9 Å². The Hall–Kier alpha value is -3.16. The van der Waals surface area contributed by atoms with Crippen LogP contribution in [0, 0.1) is 0 Å². The van der Waals surface area contributed by atoms with E-state index in [0.29, 0.717) is 30.4 Å². The van der Waals surface area contributed by atoms with E-state index >= 15 is 0 Å². The molecular weight excluding hydrogens is 346 g/mol. The fourth-order valence-electron chi connectivity index (χ4n) is 3.23. The molecule has 8 nitrogen and oxygen atoms in total. The van der Waals surface area contributed by atoms with Crippen LogP contribution in [0.25, 0.3) is 0 Å². The highest BCUT2D eigenvalue weighted by Gasteiger charge is 2.25. The topological polar surface area (TPSA) is 120 Å². The molecule has 4 rings (SSSR count). The second kappa shape index (κ2) is 7.22. The number of hydrogen-bond donors (Lipinski definition) is 2. The van der Waals surface area contributed by atoms with E-state index in [1.54, 1.807) is 30.9 Å². The SMILES string of the molecule is Nc1ccc(CC(C(=O)O)c2cn(Cc3cc(C4CCC4)on3)cn2)cn1. The van der Waals surface area contributed by atoms with Gasteiger partial charge in [0.25, 0.3) is 0 Å². The van der Waals surface area contributed by atoms with E-state index in [-0.39, 0.29) is 0 Å². The highest BCUT2D eigenvalue weighted by molar-refractivity contribution is 5.75. The maximum Gasteiger partial charge on any atom is 0.312 e. The molecule has 3 heterocycles. The first-order valence-corrected chi connectivity index (χ1v) is 8.99. The molecule has 0 aromatic carbocycles. The Bertz CT molecular complexity index is 927. The molecule has 27 heavy (non-hydrogen) atoms. The largest absolute Gasteiger partial charge is 0.481 e. The zero-order valence-electron chi connectivity index (χ0n) is 14.8. The molecule has 3 aromatic heterocycles. The summed E-state index contributed by atoms with van der Waals surface area (Å²) in [4.78, 5) is 20.0. The van der Waals surface area contributed by atoms with Gasteiger partial charge in [-0.3, -0.25) is 4.79 Å². The van der Waals surface area contributed by atoms with Gasteiger partial charge in [-0.05, 0) is 30.9 Å². The Morgan fingerprint density at radius 2 is 2.22 bits per heavy atom. The van der Waals surface area contributed by atoms with E-state index in [4.69, 9.17) is 10.3 Å². The molecule has 0 amide bonds. The van der Waals surface area contributed by atoms with E-state index in [1.165, 1.54) is 6.42 Å². The average molecular weight is 367 g/mol. The van der Waals surface area contributed by atoms with Crippen LogP contribution in [-0.2, 0) is 17.8 Å². The maximum atomic E-state index is 11.7. The van der Waals surface area contributed by atoms with Crippen molar-refractivity contribution in [2.75, 3.05) is 5.73 Å². The Morgan fingerprint density at radius 3 is 2.89 bits per heavy atom. The monoisotopic (exact) mass is 367 g/mol. The Kier molecular flexibility index (Phi) is 4.62. The predicted octanol–water partition coefficient (Wildman–Crippen LogP) is 2.58. The lowest BCUT2D eigenvalue weighted by atomic mass is 9.83. The van der Waals surface area contributed by atoms with Crippen LogP contribution in [0.3, 0.4) is 0 Å². The maximum absolute atomic E-state index is 11.7. The number of imidazole rings is 1. The standard InChI is InChI=1S/C19H21N5O3/c20-18-5-4-12(8-21-18)6-15(19(25)26)16-10-24(11-22-16)9-14-7-17(27-23-14)13-2-1-3-13/h4-5,7-8,10-11,13,15H,1-3,6,9H2,(H2,20,21)(H,25,26). The van der Waals surface area contributed by atoms with Crippen molar-refractivity contribution >= 4 is 11.8 Å². The highest BCUT2D eigenvalue weighted by atomic mass is 16.5. The van der Waals surface area contributed by atoms with E-state index in [1.807, 2.05) is 10.6 Å². The van der Waals surface area contributed by atoms with Gasteiger partial charge in [-0.25, -0.2) is 9.97 Å². The molecule has 0 spiro atoms. The molecule has 1 unspecified atom stereocenters. The Balaban J connectivity index is 1.46. The summed E-state index contributed by atoms with van der Waals surface area (Å²) in [5, 5.41) is 13.7. The minimum atomic E-state index is -0.925. The third kappa shape index (κ3) is 3.84. The van der Waals surface area contributed by atoms with Crippen molar-refractivity contribution < 1.29 is 14.4 Å². The first-order valence-electron chi connectivity index (χ1n) is 8.99. The number of anilines is 1. The van der Waals surface area contributed by atoms with Gasteiger partial charge in [-0.15, -0.1) is 0 Å². The van der Waals surface area contributed by atoms with Gasteiger partial charge >= 0.3 is 5.97 Å². The lowest BCUT2D eigenvalue weighted by Crippen LogP contribution is -2.15. The molecule has 0 saturated heterocycles. The van der Waals surface area contributed by atoms with E-state index in [0.717, 1.165) is 29.9 Å². The van der Waals surface area contributed by atoms with Crippen LogP contribution < -0.4 is 5.73 Å². The van der Waals surface area contributed by atoms with Crippen molar-refractivity contribution in [2.45, 2.75) is 44.1 Å². The number of nitrogens with two attached hydrogens (primary N) is 1. The minimum absolute atomic E-state index is 0.301. The zero-order chi connectivity index (χ0) is 18.8. The molecule has 8 heteroatoms. The molecule has 0 radical (unpaired) electrons. The quantitative estimate of drug-likeness (QED) is 0.658. The van der Waals surface area contributed by atoms with Crippen LogP contribution in [0.1, 0.15) is 53.8 Å². The molecule has 0 bridgehead atoms. The van der Waals surface area contributed by atoms with Gasteiger partial charge in [-0.2, -0.15) is 0 Å². The molecule has 1 atom stereocenters. The van der Waals surface area contributed by atoms with Gasteiger partial charge in [0.05, 0.1) is 18.6 Å². The van der Waals surface area contributed by atoms with Crippen LogP contribution in [-0.4, -0.2) is 30.8 Å². The predicted molar refractivity (Wildman–Crippen MR) is 97.2 cm³/mol. The van der Waals surface area contributed by atoms with Crippen molar-refractivity contribution in [3.63, 3.8) is 0 Å². The number of pyridine rings is 1. The number of carboxylic acid groups (broad SMARTS) is 1. The summed E-state index contributed by atoms with van der Waals surface area (Å²) in [5.41, 5.74) is 7.70. The van der Waals surface area contributed by atoms with Crippen molar-refractivity contribution in [1.29, 1.82) is 0 Å². The Morgan fingerprint density at radius 1 is 1.37 bits per heavy atom. The molecular formula is C19H21N5O3. The zero-order valence-corrected chi connectivity index (χ0v) is 14.8. The van der Waals surface area contributed by atoms with Crippen molar-refractivity contribution in [3.8, 4) is 0 Å². The lowest BCUT2D eigenvalue weighted by Gasteiger charge is -2.21. The average Bonchev–Trinajstić information content (AvgIpc) is 3.23. The van der Waals surface area contributed by atoms with Crippen LogP contribution in [0.4, 0.5) is 5.82 Å². The second-order valence-corrected chi connectivity index (χ2v) is 7.01. The summed E-state index contributed by atoms with van der Waals surface area (Å²) in [6, 6.07) is 5.43. The number of hydrogen-bond acceptors (Lipinski definition) is 6. The summed E-state index contributed by atoms with van der Waals surface area (Å²) in [6.45, 7) is 0.499. The van der Waals surface area contributed by atoms with Gasteiger partial charge < -0.3 is 19.9 Å². The molecule has 3 N–H and O–H groups in total. The van der Waals surface area contributed by atoms with E-state index in [2.05, 4.69) is 15.1 Å². The van der Waals surface area contributed by atoms with Gasteiger partial charge in [-0.1, -0.05) is 17.6 Å². The summed E-state index contributed by atoms with van der Waals surface area (Å²) >= 11 is 0. The molecule has 0 aliphatic heterocycles. The number of carbonyl (C=O) groups is 1. The number of rotatable bonds is 7.